The molecule has 138 valence electrons. The van der Waals surface area contributed by atoms with E-state index in [0.717, 1.165) is 25.7 Å². The number of ether oxygens (including phenoxy) is 2. The van der Waals surface area contributed by atoms with Crippen molar-refractivity contribution in [2.45, 2.75) is 63.6 Å². The molecule has 0 unspecified atom stereocenters. The van der Waals surface area contributed by atoms with E-state index in [1.807, 2.05) is 6.92 Å². The Morgan fingerprint density at radius 2 is 2.04 bits per heavy atom. The standard InChI is InChI=1S/C16H28N2O6/c1-10-6-4-5-7-16(10,2)24-9-12(15(22)23-3)18-14(21)11(17)8-13(19)20/h10-12H,4-9,17H2,1-3H3,(H,18,21)(H,19,20)/t10-,11-,12-,16+/m0/s1. The molecule has 0 spiro atoms. The topological polar surface area (TPSA) is 128 Å². The molecule has 0 aliphatic heterocycles. The number of carbonyl (C=O) groups is 3. The lowest BCUT2D eigenvalue weighted by Crippen LogP contribution is -2.52. The monoisotopic (exact) mass is 344 g/mol. The number of nitrogens with two attached hydrogens (primary N) is 1. The van der Waals surface area contributed by atoms with Crippen LogP contribution in [0.5, 0.6) is 0 Å². The van der Waals surface area contributed by atoms with Crippen molar-refractivity contribution in [3.8, 4) is 0 Å². The number of carbonyl (C=O) groups excluding carboxylic acids is 2. The second-order valence-electron chi connectivity index (χ2n) is 6.56. The summed E-state index contributed by atoms with van der Waals surface area (Å²) in [6, 6.07) is -2.26. The summed E-state index contributed by atoms with van der Waals surface area (Å²) >= 11 is 0. The van der Waals surface area contributed by atoms with Crippen molar-refractivity contribution in [1.29, 1.82) is 0 Å². The van der Waals surface area contributed by atoms with E-state index in [-0.39, 0.29) is 12.2 Å². The highest BCUT2D eigenvalue weighted by Gasteiger charge is 2.36. The second kappa shape index (κ2) is 8.98. The SMILES string of the molecule is COC(=O)[C@H](CO[C@]1(C)CCCC[C@@H]1C)NC(=O)[C@@H](N)CC(=O)O. The number of rotatable bonds is 8. The van der Waals surface area contributed by atoms with Gasteiger partial charge in [0.25, 0.3) is 0 Å². The van der Waals surface area contributed by atoms with Crippen LogP contribution in [-0.4, -0.2) is 54.4 Å². The van der Waals surface area contributed by atoms with Crippen LogP contribution < -0.4 is 11.1 Å². The van der Waals surface area contributed by atoms with Crippen LogP contribution in [0.2, 0.25) is 0 Å². The molecule has 8 nitrogen and oxygen atoms in total. The van der Waals surface area contributed by atoms with E-state index in [1.54, 1.807) is 0 Å². The van der Waals surface area contributed by atoms with Gasteiger partial charge < -0.3 is 25.6 Å². The van der Waals surface area contributed by atoms with Crippen LogP contribution in [0.15, 0.2) is 0 Å². The molecule has 0 aromatic rings. The maximum absolute atomic E-state index is 11.9. The number of aliphatic carboxylic acids is 1. The first-order valence-electron chi connectivity index (χ1n) is 8.19. The highest BCUT2D eigenvalue weighted by atomic mass is 16.5. The number of hydrogen-bond donors (Lipinski definition) is 3. The lowest BCUT2D eigenvalue weighted by molar-refractivity contribution is -0.152. The fourth-order valence-corrected chi connectivity index (χ4v) is 2.84. The van der Waals surface area contributed by atoms with E-state index in [2.05, 4.69) is 17.0 Å². The van der Waals surface area contributed by atoms with E-state index >= 15 is 0 Å². The molecule has 0 heterocycles. The predicted octanol–water partition coefficient (Wildman–Crippen LogP) is 0.432. The Labute approximate surface area is 142 Å². The fraction of sp³-hybridized carbons (Fsp3) is 0.812. The summed E-state index contributed by atoms with van der Waals surface area (Å²) in [5.41, 5.74) is 5.15. The van der Waals surface area contributed by atoms with Gasteiger partial charge in [0.05, 0.1) is 31.8 Å². The maximum Gasteiger partial charge on any atom is 0.330 e. The zero-order chi connectivity index (χ0) is 18.3. The first kappa shape index (κ1) is 20.4. The Morgan fingerprint density at radius 3 is 2.58 bits per heavy atom. The summed E-state index contributed by atoms with van der Waals surface area (Å²) < 4.78 is 10.6. The van der Waals surface area contributed by atoms with Crippen molar-refractivity contribution in [2.75, 3.05) is 13.7 Å². The van der Waals surface area contributed by atoms with Crippen molar-refractivity contribution in [1.82, 2.24) is 5.32 Å². The third kappa shape index (κ3) is 5.76. The third-order valence-corrected chi connectivity index (χ3v) is 4.72. The van der Waals surface area contributed by atoms with Crippen molar-refractivity contribution >= 4 is 17.8 Å². The Bertz CT molecular complexity index is 469. The highest BCUT2D eigenvalue weighted by Crippen LogP contribution is 2.36. The average Bonchev–Trinajstić information content (AvgIpc) is 2.52. The van der Waals surface area contributed by atoms with Gasteiger partial charge in [0.2, 0.25) is 5.91 Å². The van der Waals surface area contributed by atoms with Crippen molar-refractivity contribution in [3.05, 3.63) is 0 Å². The summed E-state index contributed by atoms with van der Waals surface area (Å²) in [5, 5.41) is 11.1. The molecule has 1 fully saturated rings. The molecule has 0 saturated heterocycles. The number of carboxylic acid groups (broad SMARTS) is 1. The van der Waals surface area contributed by atoms with Gasteiger partial charge in [-0.2, -0.15) is 0 Å². The number of amides is 1. The van der Waals surface area contributed by atoms with Gasteiger partial charge in [-0.1, -0.05) is 19.8 Å². The molecule has 0 radical (unpaired) electrons. The number of carboxylic acids is 1. The largest absolute Gasteiger partial charge is 0.481 e. The van der Waals surface area contributed by atoms with Gasteiger partial charge in [0.1, 0.15) is 0 Å². The van der Waals surface area contributed by atoms with Crippen LogP contribution in [0.4, 0.5) is 0 Å². The zero-order valence-corrected chi connectivity index (χ0v) is 14.5. The second-order valence-corrected chi connectivity index (χ2v) is 6.56. The molecular formula is C16H28N2O6. The normalized spacial score (nSPS) is 26.2. The molecule has 1 rings (SSSR count). The number of nitrogens with one attached hydrogen (secondary N) is 1. The molecule has 0 aromatic heterocycles. The summed E-state index contributed by atoms with van der Waals surface area (Å²) in [7, 11) is 1.21. The van der Waals surface area contributed by atoms with E-state index in [0.29, 0.717) is 5.92 Å². The van der Waals surface area contributed by atoms with Crippen molar-refractivity contribution in [3.63, 3.8) is 0 Å². The average molecular weight is 344 g/mol. The minimum atomic E-state index is -1.24. The van der Waals surface area contributed by atoms with E-state index in [1.165, 1.54) is 7.11 Å². The van der Waals surface area contributed by atoms with Gasteiger partial charge in [-0.25, -0.2) is 4.79 Å². The summed E-state index contributed by atoms with van der Waals surface area (Å²) in [5.74, 6) is -2.22. The lowest BCUT2D eigenvalue weighted by Gasteiger charge is -2.40. The Morgan fingerprint density at radius 1 is 1.38 bits per heavy atom. The smallest absolute Gasteiger partial charge is 0.330 e. The fourth-order valence-electron chi connectivity index (χ4n) is 2.84. The van der Waals surface area contributed by atoms with Gasteiger partial charge in [-0.15, -0.1) is 0 Å². The molecule has 0 aromatic carbocycles. The van der Waals surface area contributed by atoms with Crippen molar-refractivity contribution < 1.29 is 29.0 Å². The molecule has 4 N–H and O–H groups in total. The molecule has 24 heavy (non-hydrogen) atoms. The minimum absolute atomic E-state index is 0.0426. The Kier molecular flexibility index (Phi) is 7.62. The van der Waals surface area contributed by atoms with Crippen LogP contribution in [0.25, 0.3) is 0 Å². The van der Waals surface area contributed by atoms with Crippen LogP contribution in [0.3, 0.4) is 0 Å². The number of methoxy groups -OCH3 is 1. The molecule has 0 bridgehead atoms. The van der Waals surface area contributed by atoms with E-state index < -0.39 is 36.4 Å². The Balaban J connectivity index is 2.67. The van der Waals surface area contributed by atoms with Crippen LogP contribution >= 0.6 is 0 Å². The molecule has 1 amide bonds. The predicted molar refractivity (Wildman–Crippen MR) is 86.2 cm³/mol. The molecular weight excluding hydrogens is 316 g/mol. The number of hydrogen-bond acceptors (Lipinski definition) is 6. The van der Waals surface area contributed by atoms with Gasteiger partial charge in [-0.3, -0.25) is 9.59 Å². The first-order valence-corrected chi connectivity index (χ1v) is 8.19. The van der Waals surface area contributed by atoms with Crippen LogP contribution in [0.1, 0.15) is 46.0 Å². The molecule has 1 aliphatic rings. The van der Waals surface area contributed by atoms with E-state index in [4.69, 9.17) is 15.6 Å². The number of esters is 1. The molecule has 4 atom stereocenters. The van der Waals surface area contributed by atoms with Gasteiger partial charge in [0, 0.05) is 0 Å². The van der Waals surface area contributed by atoms with E-state index in [9.17, 15) is 14.4 Å². The first-order chi connectivity index (χ1) is 11.2. The maximum atomic E-state index is 11.9. The third-order valence-electron chi connectivity index (χ3n) is 4.72. The molecule has 1 aliphatic carbocycles. The van der Waals surface area contributed by atoms with Crippen molar-refractivity contribution in [2.24, 2.45) is 11.7 Å². The highest BCUT2D eigenvalue weighted by molar-refractivity contribution is 5.89. The summed E-state index contributed by atoms with van der Waals surface area (Å²) in [4.78, 5) is 34.4. The van der Waals surface area contributed by atoms with Crippen LogP contribution in [-0.2, 0) is 23.9 Å². The summed E-state index contributed by atoms with van der Waals surface area (Å²) in [6.07, 6.45) is 3.63. The lowest BCUT2D eigenvalue weighted by atomic mass is 9.77. The quantitative estimate of drug-likeness (QED) is 0.545. The Hall–Kier alpha value is -1.67. The minimum Gasteiger partial charge on any atom is -0.481 e. The van der Waals surface area contributed by atoms with Crippen LogP contribution in [0, 0.1) is 5.92 Å². The molecule has 1 saturated carbocycles. The van der Waals surface area contributed by atoms with Gasteiger partial charge in [0.15, 0.2) is 6.04 Å². The molecule has 8 heteroatoms. The zero-order valence-electron chi connectivity index (χ0n) is 14.5. The summed E-state index contributed by atoms with van der Waals surface area (Å²) in [6.45, 7) is 4.07. The van der Waals surface area contributed by atoms with Gasteiger partial charge >= 0.3 is 11.9 Å². The van der Waals surface area contributed by atoms with Gasteiger partial charge in [-0.05, 0) is 25.7 Å².